The average Bonchev–Trinajstić information content (AvgIpc) is 2.32. The molecule has 0 spiro atoms. The molecule has 18 heavy (non-hydrogen) atoms. The monoisotopic (exact) mass is 243 g/mol. The Morgan fingerprint density at radius 1 is 1.28 bits per heavy atom. The molecule has 0 radical (unpaired) electrons. The molecular formula is C13H13N3O2. The van der Waals surface area contributed by atoms with Gasteiger partial charge in [0.2, 0.25) is 5.56 Å². The van der Waals surface area contributed by atoms with E-state index < -0.39 is 0 Å². The lowest BCUT2D eigenvalue weighted by Crippen LogP contribution is -2.57. The summed E-state index contributed by atoms with van der Waals surface area (Å²) in [5.74, 6) is -0.191. The number of benzene rings is 1. The lowest BCUT2D eigenvalue weighted by atomic mass is 10.1. The second-order valence-corrected chi connectivity index (χ2v) is 4.42. The number of pyridine rings is 1. The van der Waals surface area contributed by atoms with Crippen molar-refractivity contribution >= 4 is 16.8 Å². The fourth-order valence-corrected chi connectivity index (χ4v) is 2.05. The largest absolute Gasteiger partial charge is 0.347 e. The van der Waals surface area contributed by atoms with E-state index in [0.29, 0.717) is 11.1 Å². The van der Waals surface area contributed by atoms with Gasteiger partial charge in [-0.15, -0.1) is 0 Å². The molecule has 0 saturated carbocycles. The van der Waals surface area contributed by atoms with Crippen LogP contribution in [-0.2, 0) is 0 Å². The van der Waals surface area contributed by atoms with E-state index in [4.69, 9.17) is 0 Å². The maximum atomic E-state index is 12.1. The first-order chi connectivity index (χ1) is 8.74. The molecule has 2 aromatic rings. The molecule has 0 bridgehead atoms. The summed E-state index contributed by atoms with van der Waals surface area (Å²) in [5, 5.41) is 6.75. The van der Waals surface area contributed by atoms with E-state index in [0.717, 1.165) is 18.5 Å². The van der Waals surface area contributed by atoms with Crippen LogP contribution in [0.1, 0.15) is 10.4 Å². The molecule has 0 unspecified atom stereocenters. The van der Waals surface area contributed by atoms with E-state index in [2.05, 4.69) is 15.6 Å². The zero-order valence-corrected chi connectivity index (χ0v) is 9.69. The highest BCUT2D eigenvalue weighted by Gasteiger charge is 2.20. The highest BCUT2D eigenvalue weighted by atomic mass is 16.2. The van der Waals surface area contributed by atoms with Crippen LogP contribution in [0.25, 0.3) is 10.9 Å². The van der Waals surface area contributed by atoms with Crippen molar-refractivity contribution in [2.24, 2.45) is 0 Å². The van der Waals surface area contributed by atoms with Crippen molar-refractivity contribution in [1.29, 1.82) is 0 Å². The first-order valence-electron chi connectivity index (χ1n) is 5.88. The number of rotatable bonds is 2. The van der Waals surface area contributed by atoms with Crippen molar-refractivity contribution in [2.45, 2.75) is 6.04 Å². The number of hydrogen-bond acceptors (Lipinski definition) is 3. The fraction of sp³-hybridized carbons (Fsp3) is 0.231. The summed E-state index contributed by atoms with van der Waals surface area (Å²) < 4.78 is 0. The number of para-hydroxylation sites is 1. The predicted molar refractivity (Wildman–Crippen MR) is 68.7 cm³/mol. The Kier molecular flexibility index (Phi) is 2.60. The molecule has 3 N–H and O–H groups in total. The first kappa shape index (κ1) is 11.0. The zero-order chi connectivity index (χ0) is 12.5. The molecule has 1 saturated heterocycles. The number of carbonyl (C=O) groups excluding carboxylic acids is 1. The SMILES string of the molecule is O=C(NC1CNC1)c1cc(=O)[nH]c2ccccc12. The van der Waals surface area contributed by atoms with E-state index in [1.807, 2.05) is 18.2 Å². The van der Waals surface area contributed by atoms with Crippen LogP contribution in [0.3, 0.4) is 0 Å². The Bertz CT molecular complexity index is 659. The Balaban J connectivity index is 2.04. The number of amides is 1. The minimum absolute atomic E-state index is 0.163. The fourth-order valence-electron chi connectivity index (χ4n) is 2.05. The van der Waals surface area contributed by atoms with Gasteiger partial charge in [0, 0.05) is 30.1 Å². The van der Waals surface area contributed by atoms with Gasteiger partial charge in [-0.1, -0.05) is 18.2 Å². The topological polar surface area (TPSA) is 74.0 Å². The van der Waals surface area contributed by atoms with E-state index >= 15 is 0 Å². The second-order valence-electron chi connectivity index (χ2n) is 4.42. The molecule has 1 aromatic carbocycles. The summed E-state index contributed by atoms with van der Waals surface area (Å²) >= 11 is 0. The van der Waals surface area contributed by atoms with E-state index in [1.165, 1.54) is 6.07 Å². The zero-order valence-electron chi connectivity index (χ0n) is 9.69. The van der Waals surface area contributed by atoms with Crippen molar-refractivity contribution in [3.05, 3.63) is 46.2 Å². The molecular weight excluding hydrogens is 230 g/mol. The molecule has 1 fully saturated rings. The highest BCUT2D eigenvalue weighted by Crippen LogP contribution is 2.14. The van der Waals surface area contributed by atoms with Crippen LogP contribution in [-0.4, -0.2) is 30.0 Å². The molecule has 5 heteroatoms. The highest BCUT2D eigenvalue weighted by molar-refractivity contribution is 6.06. The third-order valence-electron chi connectivity index (χ3n) is 3.11. The van der Waals surface area contributed by atoms with Gasteiger partial charge in [0.05, 0.1) is 11.6 Å². The van der Waals surface area contributed by atoms with Crippen LogP contribution < -0.4 is 16.2 Å². The Morgan fingerprint density at radius 3 is 2.78 bits per heavy atom. The van der Waals surface area contributed by atoms with Gasteiger partial charge in [0.1, 0.15) is 0 Å². The standard InChI is InChI=1S/C13H13N3O2/c17-12-5-10(13(18)15-8-6-14-7-8)9-3-1-2-4-11(9)16-12/h1-5,8,14H,6-7H2,(H,15,18)(H,16,17). The van der Waals surface area contributed by atoms with Crippen molar-refractivity contribution in [3.63, 3.8) is 0 Å². The van der Waals surface area contributed by atoms with Gasteiger partial charge >= 0.3 is 0 Å². The van der Waals surface area contributed by atoms with Crippen LogP contribution >= 0.6 is 0 Å². The van der Waals surface area contributed by atoms with Crippen molar-refractivity contribution in [1.82, 2.24) is 15.6 Å². The summed E-state index contributed by atoms with van der Waals surface area (Å²) in [6, 6.07) is 8.81. The molecule has 1 amide bonds. The van der Waals surface area contributed by atoms with Crippen LogP contribution in [0, 0.1) is 0 Å². The Hall–Kier alpha value is -2.14. The maximum Gasteiger partial charge on any atom is 0.252 e. The molecule has 0 atom stereocenters. The van der Waals surface area contributed by atoms with Crippen LogP contribution in [0.4, 0.5) is 0 Å². The molecule has 2 heterocycles. The second kappa shape index (κ2) is 4.27. The number of aromatic amines is 1. The molecule has 3 rings (SSSR count). The minimum atomic E-state index is -0.259. The van der Waals surface area contributed by atoms with E-state index in [-0.39, 0.29) is 17.5 Å². The predicted octanol–water partition coefficient (Wildman–Crippen LogP) is 0.230. The molecule has 1 aliphatic heterocycles. The molecule has 0 aliphatic carbocycles. The van der Waals surface area contributed by atoms with Crippen LogP contribution in [0.5, 0.6) is 0 Å². The van der Waals surface area contributed by atoms with Gasteiger partial charge in [-0.2, -0.15) is 0 Å². The molecule has 1 aliphatic rings. The summed E-state index contributed by atoms with van der Waals surface area (Å²) in [5.41, 5.74) is 0.855. The normalized spacial score (nSPS) is 15.3. The minimum Gasteiger partial charge on any atom is -0.347 e. The third-order valence-corrected chi connectivity index (χ3v) is 3.11. The van der Waals surface area contributed by atoms with E-state index in [1.54, 1.807) is 6.07 Å². The molecule has 5 nitrogen and oxygen atoms in total. The Labute approximate surface area is 103 Å². The lowest BCUT2D eigenvalue weighted by molar-refractivity contribution is 0.0925. The van der Waals surface area contributed by atoms with Gasteiger partial charge < -0.3 is 15.6 Å². The third kappa shape index (κ3) is 1.89. The van der Waals surface area contributed by atoms with Gasteiger partial charge in [0.15, 0.2) is 0 Å². The van der Waals surface area contributed by atoms with E-state index in [9.17, 15) is 9.59 Å². The smallest absolute Gasteiger partial charge is 0.252 e. The van der Waals surface area contributed by atoms with Crippen LogP contribution in [0.2, 0.25) is 0 Å². The number of fused-ring (bicyclic) bond motifs is 1. The number of hydrogen-bond donors (Lipinski definition) is 3. The summed E-state index contributed by atoms with van der Waals surface area (Å²) in [6.07, 6.45) is 0. The maximum absolute atomic E-state index is 12.1. The van der Waals surface area contributed by atoms with Crippen molar-refractivity contribution < 1.29 is 4.79 Å². The Morgan fingerprint density at radius 2 is 2.06 bits per heavy atom. The van der Waals surface area contributed by atoms with Crippen LogP contribution in [0.15, 0.2) is 35.1 Å². The van der Waals surface area contributed by atoms with Gasteiger partial charge in [-0.3, -0.25) is 9.59 Å². The molecule has 92 valence electrons. The first-order valence-corrected chi connectivity index (χ1v) is 5.88. The van der Waals surface area contributed by atoms with Crippen molar-refractivity contribution in [3.8, 4) is 0 Å². The summed E-state index contributed by atoms with van der Waals surface area (Å²) in [7, 11) is 0. The number of aromatic nitrogens is 1. The summed E-state index contributed by atoms with van der Waals surface area (Å²) in [6.45, 7) is 1.57. The molecule has 1 aromatic heterocycles. The van der Waals surface area contributed by atoms with Gasteiger partial charge in [0.25, 0.3) is 5.91 Å². The number of nitrogens with one attached hydrogen (secondary N) is 3. The average molecular weight is 243 g/mol. The quantitative estimate of drug-likeness (QED) is 0.707. The lowest BCUT2D eigenvalue weighted by Gasteiger charge is -2.28. The number of carbonyl (C=O) groups is 1. The number of H-pyrrole nitrogens is 1. The van der Waals surface area contributed by atoms with Crippen molar-refractivity contribution in [2.75, 3.05) is 13.1 Å². The van der Waals surface area contributed by atoms with Gasteiger partial charge in [-0.05, 0) is 6.07 Å². The van der Waals surface area contributed by atoms with Gasteiger partial charge in [-0.25, -0.2) is 0 Å². The summed E-state index contributed by atoms with van der Waals surface area (Å²) in [4.78, 5) is 26.4.